The van der Waals surface area contributed by atoms with Gasteiger partial charge < -0.3 is 10.6 Å². The zero-order chi connectivity index (χ0) is 14.7. The number of piperidine rings is 1. The molecule has 2 heterocycles. The van der Waals surface area contributed by atoms with Crippen LogP contribution in [0.2, 0.25) is 0 Å². The smallest absolute Gasteiger partial charge is 0.222 e. The largest absolute Gasteiger partial charge is 0.342 e. The Kier molecular flexibility index (Phi) is 4.53. The van der Waals surface area contributed by atoms with Gasteiger partial charge in [0.25, 0.3) is 0 Å². The summed E-state index contributed by atoms with van der Waals surface area (Å²) in [4.78, 5) is 18.5. The van der Waals surface area contributed by atoms with Crippen LogP contribution in [0, 0.1) is 11.8 Å². The number of amides is 1. The molecule has 0 radical (unpaired) electrons. The van der Waals surface area contributed by atoms with Crippen LogP contribution >= 0.6 is 0 Å². The standard InChI is InChI=1S/C15H25N5O/c16-14-5-1-4-13(14)7-15(21)19-6-2-3-12(8-19)9-20-11-17-10-18-20/h10-14H,1-9,16H2/t12?,13-,14+/m0/s1. The van der Waals surface area contributed by atoms with Crippen molar-refractivity contribution in [2.75, 3.05) is 13.1 Å². The summed E-state index contributed by atoms with van der Waals surface area (Å²) in [5.74, 6) is 1.18. The Morgan fingerprint density at radius 3 is 2.90 bits per heavy atom. The number of carbonyl (C=O) groups excluding carboxylic acids is 1. The maximum atomic E-state index is 12.5. The first-order valence-corrected chi connectivity index (χ1v) is 8.08. The van der Waals surface area contributed by atoms with Gasteiger partial charge in [-0.05, 0) is 37.5 Å². The molecule has 1 aromatic rings. The third kappa shape index (κ3) is 3.61. The molecule has 2 N–H and O–H groups in total. The molecule has 116 valence electrons. The third-order valence-corrected chi connectivity index (χ3v) is 4.94. The quantitative estimate of drug-likeness (QED) is 0.899. The van der Waals surface area contributed by atoms with E-state index < -0.39 is 0 Å². The first-order valence-electron chi connectivity index (χ1n) is 8.08. The van der Waals surface area contributed by atoms with Gasteiger partial charge in [-0.15, -0.1) is 0 Å². The van der Waals surface area contributed by atoms with Crippen LogP contribution in [0.1, 0.15) is 38.5 Å². The van der Waals surface area contributed by atoms with E-state index >= 15 is 0 Å². The highest BCUT2D eigenvalue weighted by Gasteiger charge is 2.30. The van der Waals surface area contributed by atoms with Crippen LogP contribution in [-0.2, 0) is 11.3 Å². The fourth-order valence-electron chi connectivity index (χ4n) is 3.70. The van der Waals surface area contributed by atoms with Gasteiger partial charge in [0, 0.05) is 32.1 Å². The molecule has 1 aromatic heterocycles. The average Bonchev–Trinajstić information content (AvgIpc) is 3.12. The predicted molar refractivity (Wildman–Crippen MR) is 79.3 cm³/mol. The molecule has 2 fully saturated rings. The second-order valence-corrected chi connectivity index (χ2v) is 6.52. The average molecular weight is 291 g/mol. The zero-order valence-corrected chi connectivity index (χ0v) is 12.5. The fraction of sp³-hybridized carbons (Fsp3) is 0.800. The molecule has 1 amide bonds. The van der Waals surface area contributed by atoms with Crippen molar-refractivity contribution in [2.45, 2.75) is 51.1 Å². The van der Waals surface area contributed by atoms with Gasteiger partial charge in [0.05, 0.1) is 0 Å². The molecule has 3 rings (SSSR count). The Morgan fingerprint density at radius 2 is 2.19 bits per heavy atom. The molecule has 1 aliphatic heterocycles. The number of hydrogen-bond donors (Lipinski definition) is 1. The summed E-state index contributed by atoms with van der Waals surface area (Å²) in [7, 11) is 0. The van der Waals surface area contributed by atoms with Crippen molar-refractivity contribution < 1.29 is 4.79 Å². The van der Waals surface area contributed by atoms with Crippen LogP contribution in [0.5, 0.6) is 0 Å². The van der Waals surface area contributed by atoms with Crippen molar-refractivity contribution >= 4 is 5.91 Å². The van der Waals surface area contributed by atoms with Crippen molar-refractivity contribution in [3.05, 3.63) is 12.7 Å². The first kappa shape index (κ1) is 14.5. The van der Waals surface area contributed by atoms with Crippen molar-refractivity contribution in [3.8, 4) is 0 Å². The summed E-state index contributed by atoms with van der Waals surface area (Å²) in [6.45, 7) is 2.60. The minimum absolute atomic E-state index is 0.227. The molecule has 3 atom stereocenters. The molecule has 0 bridgehead atoms. The Morgan fingerprint density at radius 1 is 1.29 bits per heavy atom. The van der Waals surface area contributed by atoms with Crippen molar-refractivity contribution in [1.29, 1.82) is 0 Å². The van der Waals surface area contributed by atoms with E-state index in [0.717, 1.165) is 45.3 Å². The number of nitrogens with two attached hydrogens (primary N) is 1. The lowest BCUT2D eigenvalue weighted by atomic mass is 9.95. The van der Waals surface area contributed by atoms with Gasteiger partial charge in [-0.25, -0.2) is 4.98 Å². The van der Waals surface area contributed by atoms with E-state index in [2.05, 4.69) is 10.1 Å². The van der Waals surface area contributed by atoms with E-state index in [4.69, 9.17) is 5.73 Å². The molecule has 1 aliphatic carbocycles. The number of carbonyl (C=O) groups is 1. The summed E-state index contributed by atoms with van der Waals surface area (Å²) in [6, 6.07) is 0.227. The van der Waals surface area contributed by atoms with E-state index in [0.29, 0.717) is 24.2 Å². The van der Waals surface area contributed by atoms with Gasteiger partial charge in [0.15, 0.2) is 0 Å². The van der Waals surface area contributed by atoms with Crippen molar-refractivity contribution in [2.24, 2.45) is 17.6 Å². The number of nitrogens with zero attached hydrogens (tertiary/aromatic N) is 4. The summed E-state index contributed by atoms with van der Waals surface area (Å²) < 4.78 is 1.87. The highest BCUT2D eigenvalue weighted by Crippen LogP contribution is 2.28. The Labute approximate surface area is 125 Å². The van der Waals surface area contributed by atoms with Gasteiger partial charge in [-0.3, -0.25) is 9.48 Å². The monoisotopic (exact) mass is 291 g/mol. The number of likely N-dealkylation sites (tertiary alicyclic amines) is 1. The van der Waals surface area contributed by atoms with Gasteiger partial charge in [0.2, 0.25) is 5.91 Å². The minimum atomic E-state index is 0.227. The van der Waals surface area contributed by atoms with E-state index in [9.17, 15) is 4.79 Å². The molecule has 0 spiro atoms. The zero-order valence-electron chi connectivity index (χ0n) is 12.5. The van der Waals surface area contributed by atoms with E-state index in [1.807, 2.05) is 9.58 Å². The van der Waals surface area contributed by atoms with Crippen molar-refractivity contribution in [1.82, 2.24) is 19.7 Å². The lowest BCUT2D eigenvalue weighted by Gasteiger charge is -2.33. The summed E-state index contributed by atoms with van der Waals surface area (Å²) in [5, 5.41) is 4.16. The van der Waals surface area contributed by atoms with Crippen molar-refractivity contribution in [3.63, 3.8) is 0 Å². The third-order valence-electron chi connectivity index (χ3n) is 4.94. The molecular weight excluding hydrogens is 266 g/mol. The molecule has 6 nitrogen and oxygen atoms in total. The molecule has 2 aliphatic rings. The second kappa shape index (κ2) is 6.56. The Bertz CT molecular complexity index is 461. The molecular formula is C15H25N5O. The Hall–Kier alpha value is -1.43. The molecule has 1 saturated heterocycles. The van der Waals surface area contributed by atoms with Crippen LogP contribution in [0.3, 0.4) is 0 Å². The lowest BCUT2D eigenvalue weighted by Crippen LogP contribution is -2.42. The summed E-state index contributed by atoms with van der Waals surface area (Å²) in [6.07, 6.45) is 9.56. The highest BCUT2D eigenvalue weighted by atomic mass is 16.2. The van der Waals surface area contributed by atoms with Crippen LogP contribution in [-0.4, -0.2) is 44.7 Å². The van der Waals surface area contributed by atoms with Gasteiger partial charge >= 0.3 is 0 Å². The minimum Gasteiger partial charge on any atom is -0.342 e. The number of aromatic nitrogens is 3. The second-order valence-electron chi connectivity index (χ2n) is 6.52. The van der Waals surface area contributed by atoms with E-state index in [1.54, 1.807) is 12.7 Å². The van der Waals surface area contributed by atoms with E-state index in [-0.39, 0.29) is 6.04 Å². The van der Waals surface area contributed by atoms with Gasteiger partial charge in [-0.2, -0.15) is 5.10 Å². The van der Waals surface area contributed by atoms with Gasteiger partial charge in [-0.1, -0.05) is 6.42 Å². The molecule has 6 heteroatoms. The Balaban J connectivity index is 1.51. The normalized spacial score (nSPS) is 29.8. The molecule has 1 unspecified atom stereocenters. The van der Waals surface area contributed by atoms with Crippen LogP contribution < -0.4 is 5.73 Å². The van der Waals surface area contributed by atoms with Crippen LogP contribution in [0.4, 0.5) is 0 Å². The molecule has 21 heavy (non-hydrogen) atoms. The van der Waals surface area contributed by atoms with Crippen LogP contribution in [0.25, 0.3) is 0 Å². The fourth-order valence-corrected chi connectivity index (χ4v) is 3.70. The van der Waals surface area contributed by atoms with Gasteiger partial charge in [0.1, 0.15) is 12.7 Å². The summed E-state index contributed by atoms with van der Waals surface area (Å²) in [5.41, 5.74) is 6.09. The maximum absolute atomic E-state index is 12.5. The predicted octanol–water partition coefficient (Wildman–Crippen LogP) is 1.03. The lowest BCUT2D eigenvalue weighted by molar-refractivity contribution is -0.134. The number of rotatable bonds is 4. The van der Waals surface area contributed by atoms with E-state index in [1.165, 1.54) is 6.42 Å². The first-order chi connectivity index (χ1) is 10.2. The van der Waals surface area contributed by atoms with Crippen LogP contribution in [0.15, 0.2) is 12.7 Å². The summed E-state index contributed by atoms with van der Waals surface area (Å²) >= 11 is 0. The number of hydrogen-bond acceptors (Lipinski definition) is 4. The topological polar surface area (TPSA) is 77.0 Å². The molecule has 0 aromatic carbocycles. The maximum Gasteiger partial charge on any atom is 0.222 e. The molecule has 1 saturated carbocycles. The highest BCUT2D eigenvalue weighted by molar-refractivity contribution is 5.76. The SMILES string of the molecule is N[C@@H]1CCC[C@H]1CC(=O)N1CCCC(Cn2cncn2)C1.